The van der Waals surface area contributed by atoms with Gasteiger partial charge in [-0.15, -0.1) is 0 Å². The quantitative estimate of drug-likeness (QED) is 0.713. The van der Waals surface area contributed by atoms with Crippen molar-refractivity contribution in [1.82, 2.24) is 5.32 Å². The molecule has 142 valence electrons. The largest absolute Gasteiger partial charge is 0.385 e. The monoisotopic (exact) mass is 362 g/mol. The highest BCUT2D eigenvalue weighted by atomic mass is 16.2. The van der Waals surface area contributed by atoms with Gasteiger partial charge < -0.3 is 10.6 Å². The topological polar surface area (TPSA) is 41.1 Å². The summed E-state index contributed by atoms with van der Waals surface area (Å²) >= 11 is 0. The lowest BCUT2D eigenvalue weighted by Gasteiger charge is -2.46. The van der Waals surface area contributed by atoms with Gasteiger partial charge in [-0.3, -0.25) is 4.79 Å². The zero-order chi connectivity index (χ0) is 18.5. The van der Waals surface area contributed by atoms with Gasteiger partial charge in [-0.05, 0) is 49.3 Å². The summed E-state index contributed by atoms with van der Waals surface area (Å²) in [6, 6.07) is 21.4. The van der Waals surface area contributed by atoms with Crippen molar-refractivity contribution in [2.24, 2.45) is 11.8 Å². The first-order valence-electron chi connectivity index (χ1n) is 10.5. The van der Waals surface area contributed by atoms with Gasteiger partial charge in [-0.25, -0.2) is 0 Å². The van der Waals surface area contributed by atoms with Crippen molar-refractivity contribution in [2.75, 3.05) is 11.9 Å². The average Bonchev–Trinajstić information content (AvgIpc) is 2.72. The molecule has 1 aliphatic heterocycles. The van der Waals surface area contributed by atoms with Crippen LogP contribution < -0.4 is 10.6 Å². The van der Waals surface area contributed by atoms with Gasteiger partial charge in [0.2, 0.25) is 5.91 Å². The number of piperidine rings is 1. The molecular weight excluding hydrogens is 332 g/mol. The van der Waals surface area contributed by atoms with E-state index in [0.29, 0.717) is 17.9 Å². The third kappa shape index (κ3) is 4.18. The summed E-state index contributed by atoms with van der Waals surface area (Å²) < 4.78 is 0. The van der Waals surface area contributed by atoms with E-state index in [1.54, 1.807) is 0 Å². The Hall–Kier alpha value is -2.29. The van der Waals surface area contributed by atoms with Crippen molar-refractivity contribution in [2.45, 2.75) is 50.5 Å². The number of carbonyl (C=O) groups is 1. The summed E-state index contributed by atoms with van der Waals surface area (Å²) in [4.78, 5) is 13.0. The number of carbonyl (C=O) groups excluding carboxylic acids is 1. The Labute approximate surface area is 162 Å². The molecule has 1 saturated carbocycles. The van der Waals surface area contributed by atoms with Crippen LogP contribution in [0, 0.1) is 11.8 Å². The highest BCUT2D eigenvalue weighted by Crippen LogP contribution is 2.45. The molecule has 4 rings (SSSR count). The summed E-state index contributed by atoms with van der Waals surface area (Å²) in [6.45, 7) is 0.906. The van der Waals surface area contributed by atoms with Crippen LogP contribution in [0.5, 0.6) is 0 Å². The van der Waals surface area contributed by atoms with E-state index in [9.17, 15) is 4.79 Å². The fourth-order valence-corrected chi connectivity index (χ4v) is 5.10. The molecule has 0 aromatic heterocycles. The summed E-state index contributed by atoms with van der Waals surface area (Å²) in [5.41, 5.74) is 2.50. The fraction of sp³-hybridized carbons (Fsp3) is 0.458. The standard InChI is InChI=1S/C24H30N2O/c27-24-21(15-9-17-25-19-12-5-2-6-13-19)23(18-10-3-1-4-11-18)20-14-7-8-16-22(20)26-24/h1-6,10-13,20-23,25H,7-9,14-17H2,(H,26,27)/t20-,21+,22+,23+/m0/s1. The summed E-state index contributed by atoms with van der Waals surface area (Å²) in [5, 5.41) is 6.85. The molecule has 3 heteroatoms. The van der Waals surface area contributed by atoms with Crippen LogP contribution in [-0.2, 0) is 4.79 Å². The first-order valence-corrected chi connectivity index (χ1v) is 10.5. The average molecular weight is 363 g/mol. The maximum absolute atomic E-state index is 13.0. The van der Waals surface area contributed by atoms with E-state index in [4.69, 9.17) is 0 Å². The Bertz CT molecular complexity index is 731. The number of hydrogen-bond acceptors (Lipinski definition) is 2. The van der Waals surface area contributed by atoms with Crippen LogP contribution in [0.25, 0.3) is 0 Å². The van der Waals surface area contributed by atoms with E-state index in [-0.39, 0.29) is 11.8 Å². The molecule has 2 aliphatic rings. The number of amides is 1. The summed E-state index contributed by atoms with van der Waals surface area (Å²) in [6.07, 6.45) is 6.87. The summed E-state index contributed by atoms with van der Waals surface area (Å²) in [7, 11) is 0. The molecule has 2 aromatic carbocycles. The van der Waals surface area contributed by atoms with Crippen molar-refractivity contribution in [3.63, 3.8) is 0 Å². The minimum atomic E-state index is 0.0873. The van der Waals surface area contributed by atoms with Crippen LogP contribution >= 0.6 is 0 Å². The number of benzene rings is 2. The number of para-hydroxylation sites is 1. The second-order valence-corrected chi connectivity index (χ2v) is 8.04. The molecule has 1 amide bonds. The molecule has 1 aliphatic carbocycles. The van der Waals surface area contributed by atoms with Crippen molar-refractivity contribution < 1.29 is 4.79 Å². The predicted molar refractivity (Wildman–Crippen MR) is 111 cm³/mol. The van der Waals surface area contributed by atoms with Crippen LogP contribution in [0.3, 0.4) is 0 Å². The lowest BCUT2D eigenvalue weighted by Crippen LogP contribution is -2.54. The molecule has 0 radical (unpaired) electrons. The first-order chi connectivity index (χ1) is 13.3. The molecule has 1 heterocycles. The molecule has 2 N–H and O–H groups in total. The molecule has 2 fully saturated rings. The van der Waals surface area contributed by atoms with Crippen LogP contribution in [0.4, 0.5) is 5.69 Å². The van der Waals surface area contributed by atoms with Crippen LogP contribution in [0.15, 0.2) is 60.7 Å². The maximum atomic E-state index is 13.0. The van der Waals surface area contributed by atoms with Gasteiger partial charge in [0.1, 0.15) is 0 Å². The minimum absolute atomic E-state index is 0.0873. The van der Waals surface area contributed by atoms with Gasteiger partial charge in [0.05, 0.1) is 0 Å². The number of hydrogen-bond donors (Lipinski definition) is 2. The summed E-state index contributed by atoms with van der Waals surface area (Å²) in [5.74, 6) is 1.31. The predicted octanol–water partition coefficient (Wildman–Crippen LogP) is 4.97. The van der Waals surface area contributed by atoms with Crippen LogP contribution in [0.2, 0.25) is 0 Å². The number of anilines is 1. The SMILES string of the molecule is O=C1N[C@@H]2CCCC[C@@H]2[C@@H](c2ccccc2)[C@H]1CCCNc1ccccc1. The molecule has 2 aromatic rings. The van der Waals surface area contributed by atoms with Gasteiger partial charge in [0, 0.05) is 30.1 Å². The van der Waals surface area contributed by atoms with Crippen molar-refractivity contribution in [1.29, 1.82) is 0 Å². The first kappa shape index (κ1) is 18.1. The normalized spacial score (nSPS) is 27.5. The van der Waals surface area contributed by atoms with Crippen LogP contribution in [-0.4, -0.2) is 18.5 Å². The molecule has 0 bridgehead atoms. The molecule has 0 unspecified atom stereocenters. The third-order valence-electron chi connectivity index (χ3n) is 6.36. The number of nitrogens with one attached hydrogen (secondary N) is 2. The molecule has 3 nitrogen and oxygen atoms in total. The zero-order valence-electron chi connectivity index (χ0n) is 15.9. The van der Waals surface area contributed by atoms with E-state index in [1.165, 1.54) is 24.8 Å². The van der Waals surface area contributed by atoms with E-state index < -0.39 is 0 Å². The van der Waals surface area contributed by atoms with E-state index in [1.807, 2.05) is 18.2 Å². The second-order valence-electron chi connectivity index (χ2n) is 8.04. The maximum Gasteiger partial charge on any atom is 0.223 e. The van der Waals surface area contributed by atoms with E-state index in [0.717, 1.165) is 31.5 Å². The van der Waals surface area contributed by atoms with Crippen molar-refractivity contribution in [3.05, 3.63) is 66.2 Å². The Morgan fingerprint density at radius 2 is 1.63 bits per heavy atom. The lowest BCUT2D eigenvalue weighted by molar-refractivity contribution is -0.131. The molecule has 4 atom stereocenters. The Balaban J connectivity index is 1.45. The van der Waals surface area contributed by atoms with E-state index >= 15 is 0 Å². The van der Waals surface area contributed by atoms with Crippen molar-refractivity contribution >= 4 is 11.6 Å². The Morgan fingerprint density at radius 1 is 0.926 bits per heavy atom. The van der Waals surface area contributed by atoms with Gasteiger partial charge in [0.25, 0.3) is 0 Å². The lowest BCUT2D eigenvalue weighted by atomic mass is 9.65. The highest BCUT2D eigenvalue weighted by Gasteiger charge is 2.44. The van der Waals surface area contributed by atoms with Gasteiger partial charge >= 0.3 is 0 Å². The second kappa shape index (κ2) is 8.60. The smallest absolute Gasteiger partial charge is 0.223 e. The van der Waals surface area contributed by atoms with Gasteiger partial charge in [-0.1, -0.05) is 61.4 Å². The van der Waals surface area contributed by atoms with Crippen LogP contribution in [0.1, 0.15) is 50.0 Å². The molecule has 0 spiro atoms. The Kier molecular flexibility index (Phi) is 5.76. The highest BCUT2D eigenvalue weighted by molar-refractivity contribution is 5.81. The van der Waals surface area contributed by atoms with Gasteiger partial charge in [0.15, 0.2) is 0 Å². The number of rotatable bonds is 6. The minimum Gasteiger partial charge on any atom is -0.385 e. The van der Waals surface area contributed by atoms with Crippen molar-refractivity contribution in [3.8, 4) is 0 Å². The zero-order valence-corrected chi connectivity index (χ0v) is 15.9. The molecular formula is C24H30N2O. The van der Waals surface area contributed by atoms with E-state index in [2.05, 4.69) is 53.1 Å². The molecule has 1 saturated heterocycles. The molecule has 27 heavy (non-hydrogen) atoms. The number of fused-ring (bicyclic) bond motifs is 1. The van der Waals surface area contributed by atoms with Gasteiger partial charge in [-0.2, -0.15) is 0 Å². The third-order valence-corrected chi connectivity index (χ3v) is 6.36. The Morgan fingerprint density at radius 3 is 2.41 bits per heavy atom. The fourth-order valence-electron chi connectivity index (χ4n) is 5.10.